The van der Waals surface area contributed by atoms with Crippen LogP contribution in [-0.2, 0) is 0 Å². The number of rotatable bonds is 9. The van der Waals surface area contributed by atoms with Crippen molar-refractivity contribution in [2.75, 3.05) is 10.6 Å². The Balaban J connectivity index is 1.47. The molecule has 2 unspecified atom stereocenters. The van der Waals surface area contributed by atoms with Crippen LogP contribution in [0.4, 0.5) is 11.4 Å². The van der Waals surface area contributed by atoms with Gasteiger partial charge in [0.1, 0.15) is 11.8 Å². The van der Waals surface area contributed by atoms with E-state index in [4.69, 9.17) is 23.2 Å². The smallest absolute Gasteiger partial charge is 0.110 e. The molecule has 6 rings (SSSR count). The Morgan fingerprint density at radius 3 is 2.58 bits per heavy atom. The molecule has 40 heavy (non-hydrogen) atoms. The van der Waals surface area contributed by atoms with Gasteiger partial charge in [0.25, 0.3) is 0 Å². The summed E-state index contributed by atoms with van der Waals surface area (Å²) in [6.45, 7) is 2.09. The summed E-state index contributed by atoms with van der Waals surface area (Å²) < 4.78 is 11.5. The Bertz CT molecular complexity index is 1760. The molecule has 1 fully saturated rings. The van der Waals surface area contributed by atoms with Gasteiger partial charge in [-0.25, -0.2) is 4.68 Å². The van der Waals surface area contributed by atoms with Crippen LogP contribution in [0.15, 0.2) is 79.1 Å². The summed E-state index contributed by atoms with van der Waals surface area (Å²) in [5.41, 5.74) is 4.17. The summed E-state index contributed by atoms with van der Waals surface area (Å²) in [5, 5.41) is 27.1. The molecule has 1 saturated carbocycles. The van der Waals surface area contributed by atoms with Gasteiger partial charge in [0.2, 0.25) is 0 Å². The maximum absolute atomic E-state index is 10.00. The Hall–Kier alpha value is -4.12. The van der Waals surface area contributed by atoms with Crippen molar-refractivity contribution < 1.29 is 1.37 Å². The highest BCUT2D eigenvalue weighted by atomic mass is 35.5. The van der Waals surface area contributed by atoms with Crippen molar-refractivity contribution in [2.45, 2.75) is 44.3 Å². The number of nitrogens with zero attached hydrogens (tertiary/aromatic N) is 5. The van der Waals surface area contributed by atoms with Crippen LogP contribution in [0.25, 0.3) is 10.9 Å². The maximum Gasteiger partial charge on any atom is 0.110 e. The lowest BCUT2D eigenvalue weighted by Gasteiger charge is -2.23. The van der Waals surface area contributed by atoms with Gasteiger partial charge in [-0.05, 0) is 48.6 Å². The molecular weight excluding hydrogens is 541 g/mol. The van der Waals surface area contributed by atoms with Gasteiger partial charge in [0.15, 0.2) is 0 Å². The van der Waals surface area contributed by atoms with Crippen molar-refractivity contribution in [2.24, 2.45) is 0 Å². The monoisotopic (exact) mass is 568 g/mol. The standard InChI is InChI=1S/C31H27Cl2N7/c1-2-27(19-8-4-3-5-9-19)37-29-20(16-34)17-35-30-24(29)14-21(15-26(30)33)36-31(23-10-6-7-11-25(23)32)28-18-40(39-38-28)22-12-13-22/h3-11,14-15,17-18,22,27,31,36H,2,12-13H2,1H3,(H,35,37)/i31D. The van der Waals surface area contributed by atoms with E-state index in [-0.39, 0.29) is 6.04 Å². The van der Waals surface area contributed by atoms with E-state index in [9.17, 15) is 6.63 Å². The van der Waals surface area contributed by atoms with Gasteiger partial charge in [-0.15, -0.1) is 5.10 Å². The molecule has 1 aliphatic rings. The van der Waals surface area contributed by atoms with Crippen LogP contribution in [-0.4, -0.2) is 20.0 Å². The molecule has 9 heteroatoms. The molecule has 2 atom stereocenters. The average Bonchev–Trinajstić information content (AvgIpc) is 3.71. The fraction of sp³-hybridized carbons (Fsp3) is 0.226. The van der Waals surface area contributed by atoms with Gasteiger partial charge in [0, 0.05) is 22.3 Å². The van der Waals surface area contributed by atoms with Gasteiger partial charge < -0.3 is 10.6 Å². The van der Waals surface area contributed by atoms with Gasteiger partial charge in [-0.3, -0.25) is 4.98 Å². The summed E-state index contributed by atoms with van der Waals surface area (Å²) in [7, 11) is 0. The summed E-state index contributed by atoms with van der Waals surface area (Å²) in [5.74, 6) is 0. The second-order valence-corrected chi connectivity index (χ2v) is 10.6. The third kappa shape index (κ3) is 5.21. The van der Waals surface area contributed by atoms with Crippen LogP contribution in [0.3, 0.4) is 0 Å². The predicted molar refractivity (Wildman–Crippen MR) is 160 cm³/mol. The SMILES string of the molecule is [2H]C(Nc1cc(Cl)c2ncc(C#N)c(NC(CC)c3ccccc3)c2c1)(c1cn(C2CC2)nn1)c1ccccc1Cl. The number of pyridine rings is 1. The first kappa shape index (κ1) is 24.9. The average molecular weight is 570 g/mol. The van der Waals surface area contributed by atoms with E-state index >= 15 is 0 Å². The highest BCUT2D eigenvalue weighted by Gasteiger charge is 2.28. The minimum absolute atomic E-state index is 0.0415. The Morgan fingerprint density at radius 2 is 1.85 bits per heavy atom. The fourth-order valence-corrected chi connectivity index (χ4v) is 5.34. The molecule has 0 aliphatic heterocycles. The van der Waals surface area contributed by atoms with Crippen molar-refractivity contribution in [3.8, 4) is 6.07 Å². The van der Waals surface area contributed by atoms with E-state index in [1.807, 2.05) is 41.1 Å². The van der Waals surface area contributed by atoms with Crippen LogP contribution in [0, 0.1) is 11.3 Å². The number of hydrogen-bond acceptors (Lipinski definition) is 6. The molecule has 2 heterocycles. The van der Waals surface area contributed by atoms with E-state index in [1.54, 1.807) is 24.4 Å². The Kier molecular flexibility index (Phi) is 6.95. The molecule has 7 nitrogen and oxygen atoms in total. The largest absolute Gasteiger partial charge is 0.377 e. The first-order chi connectivity index (χ1) is 19.9. The first-order valence-corrected chi connectivity index (χ1v) is 14.0. The second-order valence-electron chi connectivity index (χ2n) is 9.82. The Morgan fingerprint density at radius 1 is 1.07 bits per heavy atom. The molecule has 5 aromatic rings. The van der Waals surface area contributed by atoms with Crippen LogP contribution in [0.5, 0.6) is 0 Å². The van der Waals surface area contributed by atoms with Crippen LogP contribution >= 0.6 is 23.2 Å². The first-order valence-electron chi connectivity index (χ1n) is 13.7. The van der Waals surface area contributed by atoms with E-state index in [0.29, 0.717) is 55.2 Å². The highest BCUT2D eigenvalue weighted by molar-refractivity contribution is 6.36. The number of halogens is 2. The lowest BCUT2D eigenvalue weighted by atomic mass is 10.0. The predicted octanol–water partition coefficient (Wildman–Crippen LogP) is 8.10. The zero-order valence-electron chi connectivity index (χ0n) is 22.8. The molecular formula is C31H27Cl2N7. The normalized spacial score (nSPS) is 15.6. The molecule has 2 N–H and O–H groups in total. The van der Waals surface area contributed by atoms with Gasteiger partial charge >= 0.3 is 0 Å². The second kappa shape index (κ2) is 11.2. The summed E-state index contributed by atoms with van der Waals surface area (Å²) in [6.07, 6.45) is 6.22. The minimum atomic E-state index is -1.58. The highest BCUT2D eigenvalue weighted by Crippen LogP contribution is 2.39. The Labute approximate surface area is 244 Å². The van der Waals surface area contributed by atoms with Crippen molar-refractivity contribution in [1.29, 1.82) is 5.26 Å². The van der Waals surface area contributed by atoms with Crippen LogP contribution in [0.1, 0.15) is 68.0 Å². The van der Waals surface area contributed by atoms with Crippen molar-refractivity contribution in [3.63, 3.8) is 0 Å². The third-order valence-electron chi connectivity index (χ3n) is 7.07. The van der Waals surface area contributed by atoms with Gasteiger partial charge in [-0.2, -0.15) is 5.26 Å². The maximum atomic E-state index is 10.00. The van der Waals surface area contributed by atoms with Crippen LogP contribution in [0.2, 0.25) is 10.0 Å². The summed E-state index contributed by atoms with van der Waals surface area (Å²) in [4.78, 5) is 4.50. The fourth-order valence-electron chi connectivity index (χ4n) is 4.84. The zero-order chi connectivity index (χ0) is 28.6. The number of fused-ring (bicyclic) bond motifs is 1. The molecule has 200 valence electrons. The number of nitrogens with one attached hydrogen (secondary N) is 2. The molecule has 2 aromatic heterocycles. The van der Waals surface area contributed by atoms with Crippen molar-refractivity contribution in [1.82, 2.24) is 20.0 Å². The molecule has 1 aliphatic carbocycles. The van der Waals surface area contributed by atoms with Gasteiger partial charge in [0.05, 0.1) is 47.5 Å². The third-order valence-corrected chi connectivity index (χ3v) is 7.69. The molecule has 0 bridgehead atoms. The molecule has 0 radical (unpaired) electrons. The molecule has 0 saturated heterocycles. The van der Waals surface area contributed by atoms with E-state index in [2.05, 4.69) is 51.1 Å². The minimum Gasteiger partial charge on any atom is -0.377 e. The number of hydrogen-bond donors (Lipinski definition) is 2. The zero-order valence-corrected chi connectivity index (χ0v) is 23.3. The molecule has 0 spiro atoms. The van der Waals surface area contributed by atoms with Crippen molar-refractivity contribution >= 4 is 45.5 Å². The molecule has 0 amide bonds. The summed E-state index contributed by atoms with van der Waals surface area (Å²) >= 11 is 13.4. The van der Waals surface area contributed by atoms with Crippen LogP contribution < -0.4 is 10.6 Å². The topological polar surface area (TPSA) is 91.5 Å². The lowest BCUT2D eigenvalue weighted by molar-refractivity contribution is 0.610. The van der Waals surface area contributed by atoms with E-state index < -0.39 is 6.02 Å². The quantitative estimate of drug-likeness (QED) is 0.186. The summed E-state index contributed by atoms with van der Waals surface area (Å²) in [6, 6.07) is 21.9. The number of anilines is 2. The van der Waals surface area contributed by atoms with E-state index in [0.717, 1.165) is 24.8 Å². The van der Waals surface area contributed by atoms with Crippen molar-refractivity contribution in [3.05, 3.63) is 112 Å². The van der Waals surface area contributed by atoms with Gasteiger partial charge in [-0.1, -0.05) is 83.9 Å². The molecule has 3 aromatic carbocycles. The number of aromatic nitrogens is 4. The number of benzene rings is 3. The number of nitriles is 1. The van der Waals surface area contributed by atoms with E-state index in [1.165, 1.54) is 6.20 Å². The lowest BCUT2D eigenvalue weighted by Crippen LogP contribution is -2.14.